The second kappa shape index (κ2) is 6.07. The van der Waals surface area contributed by atoms with E-state index < -0.39 is 0 Å². The first kappa shape index (κ1) is 16.8. The molecule has 4 nitrogen and oxygen atoms in total. The Labute approximate surface area is 162 Å². The van der Waals surface area contributed by atoms with Crippen molar-refractivity contribution >= 4 is 40.1 Å². The number of nitrogens with zero attached hydrogens (tertiary/aromatic N) is 2. The average molecular weight is 390 g/mol. The van der Waals surface area contributed by atoms with E-state index in [0.717, 1.165) is 24.3 Å². The van der Waals surface area contributed by atoms with E-state index in [4.69, 9.17) is 23.2 Å². The third kappa shape index (κ3) is 2.87. The molecule has 6 rings (SSSR count). The van der Waals surface area contributed by atoms with Crippen molar-refractivity contribution in [3.8, 4) is 0 Å². The Bertz CT molecular complexity index is 863. The molecule has 6 heteroatoms. The highest BCUT2D eigenvalue weighted by Gasteiger charge is 2.50. The van der Waals surface area contributed by atoms with Crippen LogP contribution >= 0.6 is 23.2 Å². The molecule has 0 atom stereocenters. The molecule has 4 aliphatic rings. The van der Waals surface area contributed by atoms with Gasteiger partial charge < -0.3 is 5.32 Å². The monoisotopic (exact) mass is 389 g/mol. The van der Waals surface area contributed by atoms with Crippen LogP contribution in [0.1, 0.15) is 48.9 Å². The normalized spacial score (nSPS) is 32.2. The maximum atomic E-state index is 12.7. The zero-order chi connectivity index (χ0) is 17.9. The summed E-state index contributed by atoms with van der Waals surface area (Å²) in [7, 11) is 0. The SMILES string of the molecule is O=C(NCC12CC3CC(CC(C3)C1)C2)c1ccc2nc(Cl)c(Cl)nc2c1. The fraction of sp³-hybridized carbons (Fsp3) is 0.550. The number of carbonyl (C=O) groups excluding carboxylic acids is 1. The van der Waals surface area contributed by atoms with Crippen LogP contribution in [0, 0.1) is 23.2 Å². The quantitative estimate of drug-likeness (QED) is 0.813. The minimum Gasteiger partial charge on any atom is -0.351 e. The summed E-state index contributed by atoms with van der Waals surface area (Å²) in [5.41, 5.74) is 2.14. The van der Waals surface area contributed by atoms with Crippen LogP contribution in [-0.4, -0.2) is 22.4 Å². The van der Waals surface area contributed by atoms with Gasteiger partial charge in [-0.1, -0.05) is 23.2 Å². The lowest BCUT2D eigenvalue weighted by Crippen LogP contribution is -2.51. The van der Waals surface area contributed by atoms with Crippen molar-refractivity contribution in [1.82, 2.24) is 15.3 Å². The van der Waals surface area contributed by atoms with E-state index >= 15 is 0 Å². The maximum Gasteiger partial charge on any atom is 0.251 e. The van der Waals surface area contributed by atoms with Crippen molar-refractivity contribution in [3.63, 3.8) is 0 Å². The van der Waals surface area contributed by atoms with Crippen molar-refractivity contribution in [3.05, 3.63) is 34.1 Å². The first-order chi connectivity index (χ1) is 12.5. The number of aromatic nitrogens is 2. The smallest absolute Gasteiger partial charge is 0.251 e. The van der Waals surface area contributed by atoms with E-state index in [1.165, 1.54) is 38.5 Å². The van der Waals surface area contributed by atoms with Gasteiger partial charge >= 0.3 is 0 Å². The molecule has 4 saturated carbocycles. The molecule has 4 aliphatic carbocycles. The molecule has 0 radical (unpaired) electrons. The van der Waals surface area contributed by atoms with Crippen molar-refractivity contribution in [2.45, 2.75) is 38.5 Å². The molecule has 1 amide bonds. The summed E-state index contributed by atoms with van der Waals surface area (Å²) in [5, 5.41) is 3.54. The Hall–Kier alpha value is -1.39. The minimum absolute atomic E-state index is 0.0458. The molecule has 1 N–H and O–H groups in total. The fourth-order valence-corrected chi connectivity index (χ4v) is 6.30. The second-order valence-electron chi connectivity index (χ2n) is 8.61. The number of hydrogen-bond donors (Lipinski definition) is 1. The van der Waals surface area contributed by atoms with Crippen molar-refractivity contribution < 1.29 is 4.79 Å². The molecule has 4 fully saturated rings. The summed E-state index contributed by atoms with van der Waals surface area (Å²) in [4.78, 5) is 21.1. The Morgan fingerprint density at radius 1 is 1.00 bits per heavy atom. The number of amides is 1. The van der Waals surface area contributed by atoms with Crippen LogP contribution in [0.4, 0.5) is 0 Å². The zero-order valence-electron chi connectivity index (χ0n) is 14.5. The van der Waals surface area contributed by atoms with Gasteiger partial charge in [-0.2, -0.15) is 0 Å². The van der Waals surface area contributed by atoms with Gasteiger partial charge in [-0.25, -0.2) is 9.97 Å². The molecule has 26 heavy (non-hydrogen) atoms. The lowest BCUT2D eigenvalue weighted by Gasteiger charge is -2.56. The zero-order valence-corrected chi connectivity index (χ0v) is 16.0. The molecule has 4 bridgehead atoms. The summed E-state index contributed by atoms with van der Waals surface area (Å²) < 4.78 is 0. The number of carbonyl (C=O) groups is 1. The Balaban J connectivity index is 1.33. The molecule has 2 aromatic rings. The molecule has 0 spiro atoms. The lowest BCUT2D eigenvalue weighted by molar-refractivity contribution is -0.0503. The predicted molar refractivity (Wildman–Crippen MR) is 102 cm³/mol. The van der Waals surface area contributed by atoms with Crippen LogP contribution in [0.25, 0.3) is 11.0 Å². The van der Waals surface area contributed by atoms with E-state index in [2.05, 4.69) is 15.3 Å². The van der Waals surface area contributed by atoms with Crippen LogP contribution in [0.3, 0.4) is 0 Å². The maximum absolute atomic E-state index is 12.7. The fourth-order valence-electron chi connectivity index (χ4n) is 6.03. The number of rotatable bonds is 3. The van der Waals surface area contributed by atoms with Crippen molar-refractivity contribution in [1.29, 1.82) is 0 Å². The van der Waals surface area contributed by atoms with Crippen LogP contribution in [0.5, 0.6) is 0 Å². The molecule has 1 heterocycles. The Morgan fingerprint density at radius 3 is 2.19 bits per heavy atom. The average Bonchev–Trinajstić information content (AvgIpc) is 2.59. The van der Waals surface area contributed by atoms with Gasteiger partial charge in [-0.15, -0.1) is 0 Å². The molecular weight excluding hydrogens is 369 g/mol. The largest absolute Gasteiger partial charge is 0.351 e. The minimum atomic E-state index is -0.0458. The summed E-state index contributed by atoms with van der Waals surface area (Å²) in [6.45, 7) is 0.792. The molecule has 1 aromatic heterocycles. The van der Waals surface area contributed by atoms with Gasteiger partial charge in [0.15, 0.2) is 10.3 Å². The predicted octanol–water partition coefficient (Wildman–Crippen LogP) is 4.88. The molecule has 0 aliphatic heterocycles. The first-order valence-corrected chi connectivity index (χ1v) is 10.2. The highest BCUT2D eigenvalue weighted by Crippen LogP contribution is 2.59. The Morgan fingerprint density at radius 2 is 1.58 bits per heavy atom. The standard InChI is InChI=1S/C20H21Cl2N3O/c21-17-18(22)25-16-6-14(1-2-15(16)24-17)19(26)23-10-20-7-11-3-12(8-20)5-13(4-11)9-20/h1-2,6,11-13H,3-5,7-10H2,(H,23,26). The Kier molecular flexibility index (Phi) is 3.91. The van der Waals surface area contributed by atoms with Crippen LogP contribution in [-0.2, 0) is 0 Å². The van der Waals surface area contributed by atoms with E-state index in [0.29, 0.717) is 22.0 Å². The van der Waals surface area contributed by atoms with Gasteiger partial charge in [-0.3, -0.25) is 4.79 Å². The highest BCUT2D eigenvalue weighted by molar-refractivity contribution is 6.40. The van der Waals surface area contributed by atoms with Gasteiger partial charge in [0.1, 0.15) is 0 Å². The molecule has 0 saturated heterocycles. The van der Waals surface area contributed by atoms with E-state index in [9.17, 15) is 4.79 Å². The molecule has 136 valence electrons. The highest BCUT2D eigenvalue weighted by atomic mass is 35.5. The summed E-state index contributed by atoms with van der Waals surface area (Å²) >= 11 is 11.9. The van der Waals surface area contributed by atoms with Gasteiger partial charge in [0, 0.05) is 12.1 Å². The summed E-state index contributed by atoms with van der Waals surface area (Å²) in [6.07, 6.45) is 8.11. The topological polar surface area (TPSA) is 54.9 Å². The first-order valence-electron chi connectivity index (χ1n) is 9.41. The number of nitrogens with one attached hydrogen (secondary N) is 1. The third-order valence-corrected chi connectivity index (χ3v) is 7.26. The number of hydrogen-bond acceptors (Lipinski definition) is 3. The van der Waals surface area contributed by atoms with E-state index in [1.807, 2.05) is 0 Å². The number of halogens is 2. The van der Waals surface area contributed by atoms with Gasteiger partial charge in [-0.05, 0) is 79.9 Å². The molecular formula is C20H21Cl2N3O. The van der Waals surface area contributed by atoms with E-state index in [-0.39, 0.29) is 16.2 Å². The van der Waals surface area contributed by atoms with Gasteiger partial charge in [0.2, 0.25) is 0 Å². The molecule has 1 aromatic carbocycles. The molecule has 0 unspecified atom stereocenters. The summed E-state index contributed by atoms with van der Waals surface area (Å²) in [6, 6.07) is 5.28. The van der Waals surface area contributed by atoms with Crippen LogP contribution < -0.4 is 5.32 Å². The van der Waals surface area contributed by atoms with Crippen molar-refractivity contribution in [2.75, 3.05) is 6.54 Å². The van der Waals surface area contributed by atoms with Crippen LogP contribution in [0.2, 0.25) is 10.3 Å². The van der Waals surface area contributed by atoms with Gasteiger partial charge in [0.25, 0.3) is 5.91 Å². The van der Waals surface area contributed by atoms with Gasteiger partial charge in [0.05, 0.1) is 11.0 Å². The van der Waals surface area contributed by atoms with Crippen molar-refractivity contribution in [2.24, 2.45) is 23.2 Å². The number of benzene rings is 1. The summed E-state index contributed by atoms with van der Waals surface area (Å²) in [5.74, 6) is 2.62. The second-order valence-corrected chi connectivity index (χ2v) is 9.32. The number of fused-ring (bicyclic) bond motifs is 1. The lowest BCUT2D eigenvalue weighted by atomic mass is 9.49. The van der Waals surface area contributed by atoms with E-state index in [1.54, 1.807) is 18.2 Å². The third-order valence-electron chi connectivity index (χ3n) is 6.63. The van der Waals surface area contributed by atoms with Crippen LogP contribution in [0.15, 0.2) is 18.2 Å².